The molecule has 1 aliphatic carbocycles. The maximum Gasteiger partial charge on any atom is 0.274 e. The van der Waals surface area contributed by atoms with Gasteiger partial charge in [0.15, 0.2) is 0 Å². The zero-order valence-corrected chi connectivity index (χ0v) is 12.5. The van der Waals surface area contributed by atoms with Crippen molar-refractivity contribution in [2.45, 2.75) is 32.7 Å². The highest BCUT2D eigenvalue weighted by Gasteiger charge is 2.36. The molecule has 1 saturated carbocycles. The van der Waals surface area contributed by atoms with Crippen LogP contribution < -0.4 is 0 Å². The number of hydrogen-bond donors (Lipinski definition) is 0. The number of amides is 1. The van der Waals surface area contributed by atoms with Crippen molar-refractivity contribution in [1.82, 2.24) is 14.9 Å². The van der Waals surface area contributed by atoms with Crippen LogP contribution in [0.25, 0.3) is 0 Å². The summed E-state index contributed by atoms with van der Waals surface area (Å²) in [4.78, 5) is 22.1. The number of carbonyl (C=O) groups excluding carboxylic acids is 1. The third kappa shape index (κ3) is 2.96. The fourth-order valence-electron chi connectivity index (χ4n) is 2.40. The molecule has 2 aromatic rings. The second kappa shape index (κ2) is 5.31. The highest BCUT2D eigenvalue weighted by atomic mass is 16.3. The lowest BCUT2D eigenvalue weighted by atomic mass is 10.3. The molecule has 1 fully saturated rings. The fourth-order valence-corrected chi connectivity index (χ4v) is 2.40. The number of nitrogens with zero attached hydrogens (tertiary/aromatic N) is 3. The SMILES string of the molecule is Cc1cnc(C(=O)N(C)Cc2ccc([C@H]3C[C@H]3C)o2)cn1. The molecule has 0 aliphatic heterocycles. The number of furan rings is 1. The first-order chi connectivity index (χ1) is 10.0. The topological polar surface area (TPSA) is 59.2 Å². The van der Waals surface area contributed by atoms with Gasteiger partial charge in [-0.05, 0) is 31.4 Å². The Balaban J connectivity index is 1.65. The molecular formula is C16H19N3O2. The minimum atomic E-state index is -0.153. The minimum absolute atomic E-state index is 0.153. The van der Waals surface area contributed by atoms with Crippen molar-refractivity contribution in [3.8, 4) is 0 Å². The molecule has 2 atom stereocenters. The summed E-state index contributed by atoms with van der Waals surface area (Å²) >= 11 is 0. The van der Waals surface area contributed by atoms with Crippen LogP contribution in [0.15, 0.2) is 28.9 Å². The Kier molecular flexibility index (Phi) is 3.49. The average Bonchev–Trinajstić information content (AvgIpc) is 3.02. The van der Waals surface area contributed by atoms with Crippen LogP contribution in [0.2, 0.25) is 0 Å². The Labute approximate surface area is 124 Å². The summed E-state index contributed by atoms with van der Waals surface area (Å²) in [6, 6.07) is 3.97. The molecule has 5 heteroatoms. The summed E-state index contributed by atoms with van der Waals surface area (Å²) in [6.45, 7) is 4.50. The Morgan fingerprint density at radius 1 is 1.38 bits per heavy atom. The van der Waals surface area contributed by atoms with Crippen molar-refractivity contribution < 1.29 is 9.21 Å². The van der Waals surface area contributed by atoms with Gasteiger partial charge in [-0.1, -0.05) is 6.92 Å². The van der Waals surface area contributed by atoms with Crippen LogP contribution in [-0.4, -0.2) is 27.8 Å². The van der Waals surface area contributed by atoms with Gasteiger partial charge in [0.1, 0.15) is 17.2 Å². The third-order valence-corrected chi connectivity index (χ3v) is 3.90. The van der Waals surface area contributed by atoms with Crippen molar-refractivity contribution >= 4 is 5.91 Å². The van der Waals surface area contributed by atoms with Gasteiger partial charge >= 0.3 is 0 Å². The van der Waals surface area contributed by atoms with Crippen LogP contribution in [0.5, 0.6) is 0 Å². The first kappa shape index (κ1) is 13.8. The fraction of sp³-hybridized carbons (Fsp3) is 0.438. The molecule has 5 nitrogen and oxygen atoms in total. The maximum atomic E-state index is 12.2. The molecule has 2 aromatic heterocycles. The first-order valence-electron chi connectivity index (χ1n) is 7.17. The Bertz CT molecular complexity index is 648. The van der Waals surface area contributed by atoms with Gasteiger partial charge in [0, 0.05) is 19.2 Å². The molecular weight excluding hydrogens is 266 g/mol. The van der Waals surface area contributed by atoms with Crippen LogP contribution in [0.1, 0.15) is 47.0 Å². The van der Waals surface area contributed by atoms with Gasteiger partial charge in [0.05, 0.1) is 18.4 Å². The second-order valence-electron chi connectivity index (χ2n) is 5.83. The van der Waals surface area contributed by atoms with Crippen LogP contribution in [0.3, 0.4) is 0 Å². The molecule has 21 heavy (non-hydrogen) atoms. The third-order valence-electron chi connectivity index (χ3n) is 3.90. The number of aryl methyl sites for hydroxylation is 1. The molecule has 110 valence electrons. The number of aromatic nitrogens is 2. The minimum Gasteiger partial charge on any atom is -0.464 e. The van der Waals surface area contributed by atoms with E-state index in [0.717, 1.165) is 17.2 Å². The van der Waals surface area contributed by atoms with E-state index in [1.165, 1.54) is 12.6 Å². The van der Waals surface area contributed by atoms with E-state index in [2.05, 4.69) is 16.9 Å². The van der Waals surface area contributed by atoms with Gasteiger partial charge in [-0.2, -0.15) is 0 Å². The predicted molar refractivity (Wildman–Crippen MR) is 77.8 cm³/mol. The highest BCUT2D eigenvalue weighted by Crippen LogP contribution is 2.47. The van der Waals surface area contributed by atoms with Gasteiger partial charge in [-0.25, -0.2) is 4.98 Å². The van der Waals surface area contributed by atoms with E-state index in [0.29, 0.717) is 24.1 Å². The lowest BCUT2D eigenvalue weighted by Gasteiger charge is -2.14. The standard InChI is InChI=1S/C16H19N3O2/c1-10-6-13(10)15-5-4-12(21-15)9-19(3)16(20)14-8-17-11(2)7-18-14/h4-5,7-8,10,13H,6,9H2,1-3H3/t10-,13+/m1/s1. The largest absolute Gasteiger partial charge is 0.464 e. The molecule has 3 rings (SSSR count). The van der Waals surface area contributed by atoms with Gasteiger partial charge in [-0.3, -0.25) is 9.78 Å². The van der Waals surface area contributed by atoms with Crippen molar-refractivity contribution in [2.24, 2.45) is 5.92 Å². The molecule has 0 bridgehead atoms. The summed E-state index contributed by atoms with van der Waals surface area (Å²) < 4.78 is 5.82. The van der Waals surface area contributed by atoms with Gasteiger partial charge in [0.25, 0.3) is 5.91 Å². The van der Waals surface area contributed by atoms with Crippen LogP contribution in [-0.2, 0) is 6.54 Å². The van der Waals surface area contributed by atoms with Crippen LogP contribution in [0.4, 0.5) is 0 Å². The lowest BCUT2D eigenvalue weighted by Crippen LogP contribution is -2.27. The second-order valence-corrected chi connectivity index (χ2v) is 5.83. The van der Waals surface area contributed by atoms with E-state index in [1.807, 2.05) is 19.1 Å². The van der Waals surface area contributed by atoms with Gasteiger partial charge in [-0.15, -0.1) is 0 Å². The normalized spacial score (nSPS) is 20.3. The zero-order valence-electron chi connectivity index (χ0n) is 12.5. The van der Waals surface area contributed by atoms with Crippen molar-refractivity contribution in [2.75, 3.05) is 7.05 Å². The van der Waals surface area contributed by atoms with E-state index in [9.17, 15) is 4.79 Å². The van der Waals surface area contributed by atoms with E-state index in [1.54, 1.807) is 18.1 Å². The lowest BCUT2D eigenvalue weighted by molar-refractivity contribution is 0.0768. The molecule has 0 unspecified atom stereocenters. The smallest absolute Gasteiger partial charge is 0.274 e. The van der Waals surface area contributed by atoms with Crippen molar-refractivity contribution in [3.63, 3.8) is 0 Å². The number of carbonyl (C=O) groups is 1. The first-order valence-corrected chi connectivity index (χ1v) is 7.17. The Morgan fingerprint density at radius 3 is 2.76 bits per heavy atom. The summed E-state index contributed by atoms with van der Waals surface area (Å²) in [5, 5.41) is 0. The monoisotopic (exact) mass is 285 g/mol. The summed E-state index contributed by atoms with van der Waals surface area (Å²) in [5.41, 5.74) is 1.15. The number of hydrogen-bond acceptors (Lipinski definition) is 4. The molecule has 1 amide bonds. The maximum absolute atomic E-state index is 12.2. The molecule has 0 N–H and O–H groups in total. The summed E-state index contributed by atoms with van der Waals surface area (Å²) in [5.74, 6) is 2.96. The van der Waals surface area contributed by atoms with Gasteiger partial charge < -0.3 is 9.32 Å². The quantitative estimate of drug-likeness (QED) is 0.866. The Morgan fingerprint density at radius 2 is 2.14 bits per heavy atom. The highest BCUT2D eigenvalue weighted by molar-refractivity contribution is 5.91. The van der Waals surface area contributed by atoms with E-state index in [-0.39, 0.29) is 5.91 Å². The average molecular weight is 285 g/mol. The zero-order chi connectivity index (χ0) is 15.0. The van der Waals surface area contributed by atoms with Gasteiger partial charge in [0.2, 0.25) is 0 Å². The number of rotatable bonds is 4. The molecule has 0 spiro atoms. The Hall–Kier alpha value is -2.17. The van der Waals surface area contributed by atoms with Crippen LogP contribution in [0, 0.1) is 12.8 Å². The molecule has 0 saturated heterocycles. The molecule has 0 aromatic carbocycles. The molecule has 1 aliphatic rings. The van der Waals surface area contributed by atoms with Crippen molar-refractivity contribution in [1.29, 1.82) is 0 Å². The van der Waals surface area contributed by atoms with E-state index in [4.69, 9.17) is 4.42 Å². The van der Waals surface area contributed by atoms with Crippen LogP contribution >= 0.6 is 0 Å². The molecule has 0 radical (unpaired) electrons. The van der Waals surface area contributed by atoms with Crippen molar-refractivity contribution in [3.05, 3.63) is 47.4 Å². The van der Waals surface area contributed by atoms with E-state index < -0.39 is 0 Å². The summed E-state index contributed by atoms with van der Waals surface area (Å²) in [7, 11) is 1.74. The summed E-state index contributed by atoms with van der Waals surface area (Å²) in [6.07, 6.45) is 4.30. The van der Waals surface area contributed by atoms with E-state index >= 15 is 0 Å². The predicted octanol–water partition coefficient (Wildman–Crippen LogP) is 2.77. The molecule has 2 heterocycles.